The first-order valence-corrected chi connectivity index (χ1v) is 8.57. The van der Waals surface area contributed by atoms with Crippen molar-refractivity contribution in [2.75, 3.05) is 38.8 Å². The van der Waals surface area contributed by atoms with Crippen LogP contribution in [0.3, 0.4) is 0 Å². The Bertz CT molecular complexity index is 783. The summed E-state index contributed by atoms with van der Waals surface area (Å²) < 4.78 is 10.8. The number of hydrogen-bond acceptors (Lipinski definition) is 4. The minimum atomic E-state index is -0.0232. The Hall–Kier alpha value is -2.69. The Morgan fingerprint density at radius 3 is 2.44 bits per heavy atom. The van der Waals surface area contributed by atoms with Crippen molar-refractivity contribution in [3.05, 3.63) is 53.6 Å². The van der Waals surface area contributed by atoms with Crippen molar-refractivity contribution in [3.63, 3.8) is 0 Å². The second-order valence-electron chi connectivity index (χ2n) is 6.47. The molecule has 1 amide bonds. The second-order valence-corrected chi connectivity index (χ2v) is 6.47. The van der Waals surface area contributed by atoms with Gasteiger partial charge in [-0.05, 0) is 30.2 Å². The summed E-state index contributed by atoms with van der Waals surface area (Å²) in [5.41, 5.74) is 3.20. The first-order chi connectivity index (χ1) is 12.2. The van der Waals surface area contributed by atoms with Gasteiger partial charge in [-0.1, -0.05) is 24.3 Å². The third kappa shape index (κ3) is 2.60. The molecule has 2 aliphatic heterocycles. The van der Waals surface area contributed by atoms with E-state index in [2.05, 4.69) is 29.2 Å². The van der Waals surface area contributed by atoms with E-state index in [0.29, 0.717) is 36.2 Å². The Kier molecular flexibility index (Phi) is 3.99. The number of benzene rings is 2. The molecule has 0 N–H and O–H groups in total. The number of anilines is 1. The van der Waals surface area contributed by atoms with Gasteiger partial charge in [-0.3, -0.25) is 4.79 Å². The van der Waals surface area contributed by atoms with Gasteiger partial charge in [-0.15, -0.1) is 0 Å². The lowest BCUT2D eigenvalue weighted by Gasteiger charge is -2.39. The molecule has 4 rings (SSSR count). The SMILES string of the molecule is COc1cccc(OC)c1C(=O)N1CCN2c3ccccc3CC2C1. The van der Waals surface area contributed by atoms with Crippen molar-refractivity contribution in [2.24, 2.45) is 0 Å². The molecule has 1 saturated heterocycles. The number of carbonyl (C=O) groups excluding carboxylic acids is 1. The van der Waals surface area contributed by atoms with Gasteiger partial charge in [-0.2, -0.15) is 0 Å². The number of para-hydroxylation sites is 1. The molecule has 0 saturated carbocycles. The maximum absolute atomic E-state index is 13.2. The average molecular weight is 338 g/mol. The van der Waals surface area contributed by atoms with Crippen molar-refractivity contribution in [1.82, 2.24) is 4.90 Å². The zero-order valence-electron chi connectivity index (χ0n) is 14.6. The van der Waals surface area contributed by atoms with Gasteiger partial charge in [0, 0.05) is 25.3 Å². The fourth-order valence-corrected chi connectivity index (χ4v) is 3.97. The Morgan fingerprint density at radius 1 is 1.00 bits per heavy atom. The molecule has 2 aliphatic rings. The predicted molar refractivity (Wildman–Crippen MR) is 96.7 cm³/mol. The quantitative estimate of drug-likeness (QED) is 0.863. The Balaban J connectivity index is 1.58. The molecule has 0 aliphatic carbocycles. The highest BCUT2D eigenvalue weighted by Gasteiger charge is 2.36. The van der Waals surface area contributed by atoms with E-state index in [-0.39, 0.29) is 5.91 Å². The fourth-order valence-electron chi connectivity index (χ4n) is 3.97. The number of piperazine rings is 1. The molecular weight excluding hydrogens is 316 g/mol. The summed E-state index contributed by atoms with van der Waals surface area (Å²) in [4.78, 5) is 17.5. The molecule has 0 bridgehead atoms. The van der Waals surface area contributed by atoms with Crippen molar-refractivity contribution in [3.8, 4) is 11.5 Å². The topological polar surface area (TPSA) is 42.0 Å². The minimum absolute atomic E-state index is 0.0232. The molecule has 5 heteroatoms. The standard InChI is InChI=1S/C20H22N2O3/c1-24-17-8-5-9-18(25-2)19(17)20(23)21-10-11-22-15(13-21)12-14-6-3-4-7-16(14)22/h3-9,15H,10-13H2,1-2H3. The van der Waals surface area contributed by atoms with Crippen molar-refractivity contribution in [1.29, 1.82) is 0 Å². The van der Waals surface area contributed by atoms with Crippen LogP contribution in [0.25, 0.3) is 0 Å². The molecule has 5 nitrogen and oxygen atoms in total. The van der Waals surface area contributed by atoms with Crippen LogP contribution in [0.2, 0.25) is 0 Å². The predicted octanol–water partition coefficient (Wildman–Crippen LogP) is 2.59. The second kappa shape index (κ2) is 6.31. The van der Waals surface area contributed by atoms with Gasteiger partial charge in [0.1, 0.15) is 17.1 Å². The first kappa shape index (κ1) is 15.8. The number of carbonyl (C=O) groups is 1. The van der Waals surface area contributed by atoms with Gasteiger partial charge >= 0.3 is 0 Å². The number of nitrogens with zero attached hydrogens (tertiary/aromatic N) is 2. The summed E-state index contributed by atoms with van der Waals surface area (Å²) in [6.07, 6.45) is 0.989. The summed E-state index contributed by atoms with van der Waals surface area (Å²) in [5.74, 6) is 1.09. The fraction of sp³-hybridized carbons (Fsp3) is 0.350. The molecule has 2 aromatic rings. The van der Waals surface area contributed by atoms with Gasteiger partial charge in [0.05, 0.1) is 20.3 Å². The van der Waals surface area contributed by atoms with Gasteiger partial charge in [0.15, 0.2) is 0 Å². The lowest BCUT2D eigenvalue weighted by Crippen LogP contribution is -2.53. The number of ether oxygens (including phenoxy) is 2. The molecule has 130 valence electrons. The van der Waals surface area contributed by atoms with E-state index in [1.165, 1.54) is 11.3 Å². The van der Waals surface area contributed by atoms with Crippen LogP contribution in [0.15, 0.2) is 42.5 Å². The smallest absolute Gasteiger partial charge is 0.261 e. The number of amides is 1. The first-order valence-electron chi connectivity index (χ1n) is 8.57. The summed E-state index contributed by atoms with van der Waals surface area (Å²) in [6, 6.07) is 14.3. The maximum atomic E-state index is 13.2. The van der Waals surface area contributed by atoms with Gasteiger partial charge < -0.3 is 19.3 Å². The summed E-state index contributed by atoms with van der Waals surface area (Å²) in [7, 11) is 3.16. The van der Waals surface area contributed by atoms with Crippen LogP contribution in [0.4, 0.5) is 5.69 Å². The summed E-state index contributed by atoms with van der Waals surface area (Å²) >= 11 is 0. The van der Waals surface area contributed by atoms with E-state index in [1.54, 1.807) is 26.4 Å². The molecular formula is C20H22N2O3. The number of rotatable bonds is 3. The monoisotopic (exact) mass is 338 g/mol. The molecule has 2 heterocycles. The number of hydrogen-bond donors (Lipinski definition) is 0. The highest BCUT2D eigenvalue weighted by molar-refractivity contribution is 6.00. The highest BCUT2D eigenvalue weighted by Crippen LogP contribution is 2.35. The lowest BCUT2D eigenvalue weighted by molar-refractivity contribution is 0.0718. The largest absolute Gasteiger partial charge is 0.496 e. The Morgan fingerprint density at radius 2 is 1.72 bits per heavy atom. The zero-order chi connectivity index (χ0) is 17.4. The van der Waals surface area contributed by atoms with E-state index >= 15 is 0 Å². The van der Waals surface area contributed by atoms with E-state index in [4.69, 9.17) is 9.47 Å². The van der Waals surface area contributed by atoms with E-state index in [1.807, 2.05) is 11.0 Å². The van der Waals surface area contributed by atoms with Crippen LogP contribution in [-0.2, 0) is 6.42 Å². The van der Waals surface area contributed by atoms with Gasteiger partial charge in [0.2, 0.25) is 0 Å². The van der Waals surface area contributed by atoms with Crippen LogP contribution in [0.5, 0.6) is 11.5 Å². The zero-order valence-corrected chi connectivity index (χ0v) is 14.6. The van der Waals surface area contributed by atoms with Crippen LogP contribution in [0.1, 0.15) is 15.9 Å². The Labute approximate surface area is 147 Å². The van der Waals surface area contributed by atoms with Crippen molar-refractivity contribution in [2.45, 2.75) is 12.5 Å². The number of fused-ring (bicyclic) bond motifs is 3. The van der Waals surface area contributed by atoms with E-state index < -0.39 is 0 Å². The normalized spacial score (nSPS) is 18.6. The molecule has 2 aromatic carbocycles. The number of methoxy groups -OCH3 is 2. The van der Waals surface area contributed by atoms with Gasteiger partial charge in [0.25, 0.3) is 5.91 Å². The maximum Gasteiger partial charge on any atom is 0.261 e. The summed E-state index contributed by atoms with van der Waals surface area (Å²) in [6.45, 7) is 2.27. The molecule has 0 radical (unpaired) electrons. The molecule has 25 heavy (non-hydrogen) atoms. The van der Waals surface area contributed by atoms with E-state index in [0.717, 1.165) is 13.0 Å². The third-order valence-electron chi connectivity index (χ3n) is 5.17. The van der Waals surface area contributed by atoms with Crippen LogP contribution in [-0.4, -0.2) is 50.7 Å². The van der Waals surface area contributed by atoms with Crippen molar-refractivity contribution < 1.29 is 14.3 Å². The minimum Gasteiger partial charge on any atom is -0.496 e. The third-order valence-corrected chi connectivity index (χ3v) is 5.17. The lowest BCUT2D eigenvalue weighted by atomic mass is 10.1. The van der Waals surface area contributed by atoms with E-state index in [9.17, 15) is 4.79 Å². The molecule has 1 atom stereocenters. The van der Waals surface area contributed by atoms with Gasteiger partial charge in [-0.25, -0.2) is 0 Å². The highest BCUT2D eigenvalue weighted by atomic mass is 16.5. The van der Waals surface area contributed by atoms with Crippen LogP contribution in [0, 0.1) is 0 Å². The average Bonchev–Trinajstić information content (AvgIpc) is 3.04. The van der Waals surface area contributed by atoms with Crippen molar-refractivity contribution >= 4 is 11.6 Å². The molecule has 1 unspecified atom stereocenters. The van der Waals surface area contributed by atoms with Crippen LogP contribution >= 0.6 is 0 Å². The van der Waals surface area contributed by atoms with Crippen LogP contribution < -0.4 is 14.4 Å². The molecule has 0 spiro atoms. The molecule has 0 aromatic heterocycles. The molecule has 1 fully saturated rings. The summed E-state index contributed by atoms with van der Waals surface area (Å²) in [5, 5.41) is 0.